The van der Waals surface area contributed by atoms with Crippen molar-refractivity contribution in [2.45, 2.75) is 19.4 Å². The average molecular weight is 235 g/mol. The zero-order valence-electron chi connectivity index (χ0n) is 9.62. The molecule has 1 N–H and O–H groups in total. The van der Waals surface area contributed by atoms with Crippen molar-refractivity contribution < 1.29 is 9.63 Å². The van der Waals surface area contributed by atoms with Gasteiger partial charge in [-0.15, -0.1) is 0 Å². The van der Waals surface area contributed by atoms with Gasteiger partial charge in [0.15, 0.2) is 0 Å². The Hall–Kier alpha value is -1.95. The van der Waals surface area contributed by atoms with Gasteiger partial charge in [0.2, 0.25) is 5.82 Å². The molecule has 0 aliphatic rings. The van der Waals surface area contributed by atoms with Crippen LogP contribution in [0.5, 0.6) is 0 Å². The minimum Gasteiger partial charge on any atom is -0.385 e. The molecule has 0 bridgehead atoms. The highest BCUT2D eigenvalue weighted by molar-refractivity contribution is 5.51. The Bertz CT molecular complexity index is 573. The van der Waals surface area contributed by atoms with E-state index in [4.69, 9.17) is 4.52 Å². The largest absolute Gasteiger partial charge is 0.385 e. The van der Waals surface area contributed by atoms with Gasteiger partial charge in [0.1, 0.15) is 6.10 Å². The molecule has 6 nitrogen and oxygen atoms in total. The SMILES string of the molecule is CCC(O)c1noc(-c2ccn(C)c(=O)c2)n1. The van der Waals surface area contributed by atoms with E-state index in [1.807, 2.05) is 6.92 Å². The van der Waals surface area contributed by atoms with Crippen molar-refractivity contribution in [1.29, 1.82) is 0 Å². The number of aryl methyl sites for hydroxylation is 1. The topological polar surface area (TPSA) is 81.2 Å². The summed E-state index contributed by atoms with van der Waals surface area (Å²) in [7, 11) is 1.66. The van der Waals surface area contributed by atoms with Gasteiger partial charge in [-0.1, -0.05) is 12.1 Å². The predicted octanol–water partition coefficient (Wildman–Crippen LogP) is 0.879. The fourth-order valence-corrected chi connectivity index (χ4v) is 1.35. The molecule has 6 heteroatoms. The number of aromatic nitrogens is 3. The summed E-state index contributed by atoms with van der Waals surface area (Å²) in [6.07, 6.45) is 1.40. The molecule has 2 aromatic rings. The summed E-state index contributed by atoms with van der Waals surface area (Å²) in [5.74, 6) is 0.480. The second-order valence-electron chi connectivity index (χ2n) is 3.75. The number of aliphatic hydroxyl groups is 1. The Labute approximate surface area is 97.5 Å². The van der Waals surface area contributed by atoms with Crippen LogP contribution in [0.2, 0.25) is 0 Å². The van der Waals surface area contributed by atoms with E-state index in [-0.39, 0.29) is 17.3 Å². The van der Waals surface area contributed by atoms with Crippen molar-refractivity contribution in [3.05, 3.63) is 34.5 Å². The van der Waals surface area contributed by atoms with Crippen molar-refractivity contribution in [1.82, 2.24) is 14.7 Å². The van der Waals surface area contributed by atoms with Gasteiger partial charge in [-0.2, -0.15) is 4.98 Å². The van der Waals surface area contributed by atoms with Crippen LogP contribution in [0.3, 0.4) is 0 Å². The Morgan fingerprint density at radius 1 is 1.59 bits per heavy atom. The Kier molecular flexibility index (Phi) is 3.06. The van der Waals surface area contributed by atoms with E-state index in [0.29, 0.717) is 12.0 Å². The zero-order chi connectivity index (χ0) is 12.4. The molecule has 0 radical (unpaired) electrons. The summed E-state index contributed by atoms with van der Waals surface area (Å²) < 4.78 is 6.45. The van der Waals surface area contributed by atoms with E-state index in [1.54, 1.807) is 19.3 Å². The summed E-state index contributed by atoms with van der Waals surface area (Å²) >= 11 is 0. The molecule has 2 aromatic heterocycles. The van der Waals surface area contributed by atoms with Gasteiger partial charge in [-0.05, 0) is 12.5 Å². The summed E-state index contributed by atoms with van der Waals surface area (Å²) in [5, 5.41) is 13.2. The number of pyridine rings is 1. The van der Waals surface area contributed by atoms with Crippen LogP contribution in [-0.4, -0.2) is 19.8 Å². The molecule has 1 unspecified atom stereocenters. The van der Waals surface area contributed by atoms with E-state index in [2.05, 4.69) is 10.1 Å². The van der Waals surface area contributed by atoms with Crippen LogP contribution in [0.15, 0.2) is 27.6 Å². The average Bonchev–Trinajstić information content (AvgIpc) is 2.81. The Morgan fingerprint density at radius 3 is 3.00 bits per heavy atom. The zero-order valence-corrected chi connectivity index (χ0v) is 9.62. The van der Waals surface area contributed by atoms with Crippen molar-refractivity contribution >= 4 is 0 Å². The monoisotopic (exact) mass is 235 g/mol. The predicted molar refractivity (Wildman–Crippen MR) is 60.2 cm³/mol. The third-order valence-electron chi connectivity index (χ3n) is 2.48. The molecular formula is C11H13N3O3. The molecule has 0 saturated carbocycles. The lowest BCUT2D eigenvalue weighted by Gasteiger charge is -1.98. The van der Waals surface area contributed by atoms with Crippen molar-refractivity contribution in [2.75, 3.05) is 0 Å². The van der Waals surface area contributed by atoms with E-state index in [1.165, 1.54) is 10.6 Å². The maximum atomic E-state index is 11.4. The minimum absolute atomic E-state index is 0.154. The van der Waals surface area contributed by atoms with Crippen LogP contribution >= 0.6 is 0 Å². The summed E-state index contributed by atoms with van der Waals surface area (Å²) in [5.41, 5.74) is 0.397. The Balaban J connectivity index is 2.37. The quantitative estimate of drug-likeness (QED) is 0.854. The third-order valence-corrected chi connectivity index (χ3v) is 2.48. The summed E-state index contributed by atoms with van der Waals surface area (Å²) in [4.78, 5) is 15.5. The molecule has 90 valence electrons. The molecule has 0 aromatic carbocycles. The van der Waals surface area contributed by atoms with Crippen LogP contribution in [0.25, 0.3) is 11.5 Å². The molecule has 0 spiro atoms. The maximum absolute atomic E-state index is 11.4. The first-order chi connectivity index (χ1) is 8.11. The molecule has 0 saturated heterocycles. The fraction of sp³-hybridized carbons (Fsp3) is 0.364. The van der Waals surface area contributed by atoms with Crippen LogP contribution in [0.4, 0.5) is 0 Å². The number of hydrogen-bond donors (Lipinski definition) is 1. The van der Waals surface area contributed by atoms with E-state index in [9.17, 15) is 9.90 Å². The van der Waals surface area contributed by atoms with Gasteiger partial charge in [0.05, 0.1) is 0 Å². The highest BCUT2D eigenvalue weighted by Crippen LogP contribution is 2.18. The number of hydrogen-bond acceptors (Lipinski definition) is 5. The van der Waals surface area contributed by atoms with Crippen molar-refractivity contribution in [3.8, 4) is 11.5 Å². The van der Waals surface area contributed by atoms with E-state index < -0.39 is 6.10 Å². The third kappa shape index (κ3) is 2.26. The van der Waals surface area contributed by atoms with Crippen LogP contribution in [0, 0.1) is 0 Å². The molecular weight excluding hydrogens is 222 g/mol. The van der Waals surface area contributed by atoms with E-state index >= 15 is 0 Å². The summed E-state index contributed by atoms with van der Waals surface area (Å²) in [6, 6.07) is 3.12. The summed E-state index contributed by atoms with van der Waals surface area (Å²) in [6.45, 7) is 1.82. The standard InChI is InChI=1S/C11H13N3O3/c1-3-8(15)10-12-11(17-13-10)7-4-5-14(2)9(16)6-7/h4-6,8,15H,3H2,1-2H3. The molecule has 0 fully saturated rings. The van der Waals surface area contributed by atoms with E-state index in [0.717, 1.165) is 0 Å². The number of nitrogens with zero attached hydrogens (tertiary/aromatic N) is 3. The number of aliphatic hydroxyl groups excluding tert-OH is 1. The van der Waals surface area contributed by atoms with Crippen molar-refractivity contribution in [2.24, 2.45) is 7.05 Å². The number of rotatable bonds is 3. The lowest BCUT2D eigenvalue weighted by molar-refractivity contribution is 0.159. The second kappa shape index (κ2) is 4.50. The highest BCUT2D eigenvalue weighted by atomic mass is 16.5. The van der Waals surface area contributed by atoms with Gasteiger partial charge in [0, 0.05) is 24.9 Å². The normalized spacial score (nSPS) is 12.6. The van der Waals surface area contributed by atoms with Crippen LogP contribution in [0.1, 0.15) is 25.3 Å². The van der Waals surface area contributed by atoms with Crippen LogP contribution < -0.4 is 5.56 Å². The van der Waals surface area contributed by atoms with Crippen molar-refractivity contribution in [3.63, 3.8) is 0 Å². The molecule has 0 aliphatic carbocycles. The Morgan fingerprint density at radius 2 is 2.35 bits per heavy atom. The van der Waals surface area contributed by atoms with Gasteiger partial charge in [-0.25, -0.2) is 0 Å². The molecule has 0 amide bonds. The maximum Gasteiger partial charge on any atom is 0.258 e. The van der Waals surface area contributed by atoms with Gasteiger partial charge >= 0.3 is 0 Å². The molecule has 1 atom stereocenters. The minimum atomic E-state index is -0.737. The smallest absolute Gasteiger partial charge is 0.258 e. The van der Waals surface area contributed by atoms with Gasteiger partial charge in [0.25, 0.3) is 11.4 Å². The second-order valence-corrected chi connectivity index (χ2v) is 3.75. The molecule has 2 rings (SSSR count). The first-order valence-electron chi connectivity index (χ1n) is 5.30. The van der Waals surface area contributed by atoms with Crippen LogP contribution in [-0.2, 0) is 7.05 Å². The lowest BCUT2D eigenvalue weighted by Crippen LogP contribution is -2.14. The molecule has 17 heavy (non-hydrogen) atoms. The highest BCUT2D eigenvalue weighted by Gasteiger charge is 2.14. The molecule has 0 aliphatic heterocycles. The molecule has 2 heterocycles. The van der Waals surface area contributed by atoms with Gasteiger partial charge < -0.3 is 14.2 Å². The van der Waals surface area contributed by atoms with Gasteiger partial charge in [-0.3, -0.25) is 4.79 Å². The lowest BCUT2D eigenvalue weighted by atomic mass is 10.2. The fourth-order valence-electron chi connectivity index (χ4n) is 1.35. The first kappa shape index (κ1) is 11.5. The first-order valence-corrected chi connectivity index (χ1v) is 5.30.